The number of hydrogen-bond acceptors (Lipinski definition) is 3. The van der Waals surface area contributed by atoms with Gasteiger partial charge in [-0.3, -0.25) is 4.90 Å². The molecule has 1 aromatic rings. The van der Waals surface area contributed by atoms with Gasteiger partial charge in [0.1, 0.15) is 11.6 Å². The zero-order chi connectivity index (χ0) is 15.5. The van der Waals surface area contributed by atoms with Crippen LogP contribution in [-0.2, 0) is 6.54 Å². The summed E-state index contributed by atoms with van der Waals surface area (Å²) in [6.07, 6.45) is 2.33. The second-order valence-corrected chi connectivity index (χ2v) is 6.52. The van der Waals surface area contributed by atoms with E-state index in [-0.39, 0.29) is 11.4 Å². The van der Waals surface area contributed by atoms with Crippen LogP contribution in [-0.4, -0.2) is 36.7 Å². The standard InChI is InChI=1S/C17H27FN2O/c1-5-6-14-11-20(17(2,3)12-19-14)10-13-7-8-15(21-4)9-16(13)18/h7-9,14,19H,5-6,10-12H2,1-4H3. The Hall–Kier alpha value is -1.13. The van der Waals surface area contributed by atoms with E-state index in [9.17, 15) is 4.39 Å². The third-order valence-corrected chi connectivity index (χ3v) is 4.38. The Morgan fingerprint density at radius 3 is 2.81 bits per heavy atom. The minimum absolute atomic E-state index is 0.0383. The fourth-order valence-electron chi connectivity index (χ4n) is 2.89. The minimum Gasteiger partial charge on any atom is -0.497 e. The van der Waals surface area contributed by atoms with Gasteiger partial charge >= 0.3 is 0 Å². The molecule has 0 aliphatic carbocycles. The predicted octanol–water partition coefficient (Wildman–Crippen LogP) is 3.19. The second-order valence-electron chi connectivity index (χ2n) is 6.52. The lowest BCUT2D eigenvalue weighted by Gasteiger charge is -2.46. The Labute approximate surface area is 127 Å². The van der Waals surface area contributed by atoms with E-state index in [4.69, 9.17) is 4.74 Å². The number of ether oxygens (including phenoxy) is 1. The molecule has 21 heavy (non-hydrogen) atoms. The predicted molar refractivity (Wildman–Crippen MR) is 84.1 cm³/mol. The van der Waals surface area contributed by atoms with Gasteiger partial charge in [0.25, 0.3) is 0 Å². The van der Waals surface area contributed by atoms with Gasteiger partial charge in [-0.1, -0.05) is 19.4 Å². The summed E-state index contributed by atoms with van der Waals surface area (Å²) in [6, 6.07) is 5.64. The van der Waals surface area contributed by atoms with E-state index in [2.05, 4.69) is 31.0 Å². The van der Waals surface area contributed by atoms with Crippen LogP contribution in [0, 0.1) is 5.82 Å². The van der Waals surface area contributed by atoms with Gasteiger partial charge in [-0.2, -0.15) is 0 Å². The molecule has 0 saturated carbocycles. The highest BCUT2D eigenvalue weighted by molar-refractivity contribution is 5.29. The van der Waals surface area contributed by atoms with Gasteiger partial charge in [0, 0.05) is 42.8 Å². The quantitative estimate of drug-likeness (QED) is 0.902. The topological polar surface area (TPSA) is 24.5 Å². The number of benzene rings is 1. The summed E-state index contributed by atoms with van der Waals surface area (Å²) < 4.78 is 19.2. The molecule has 1 heterocycles. The Bertz CT molecular complexity index is 476. The molecule has 1 fully saturated rings. The monoisotopic (exact) mass is 294 g/mol. The maximum Gasteiger partial charge on any atom is 0.131 e. The number of piperazine rings is 1. The summed E-state index contributed by atoms with van der Waals surface area (Å²) in [5.41, 5.74) is 0.775. The number of rotatable bonds is 5. The maximum atomic E-state index is 14.2. The molecule has 1 aromatic carbocycles. The molecule has 3 nitrogen and oxygen atoms in total. The maximum absolute atomic E-state index is 14.2. The zero-order valence-corrected chi connectivity index (χ0v) is 13.6. The van der Waals surface area contributed by atoms with Gasteiger partial charge in [-0.15, -0.1) is 0 Å². The average molecular weight is 294 g/mol. The molecule has 1 unspecified atom stereocenters. The first-order valence-electron chi connectivity index (χ1n) is 7.77. The lowest BCUT2D eigenvalue weighted by Crippen LogP contribution is -2.61. The van der Waals surface area contributed by atoms with E-state index in [1.54, 1.807) is 7.11 Å². The van der Waals surface area contributed by atoms with E-state index in [0.29, 0.717) is 18.3 Å². The van der Waals surface area contributed by atoms with E-state index in [1.165, 1.54) is 12.5 Å². The van der Waals surface area contributed by atoms with Gasteiger partial charge < -0.3 is 10.1 Å². The van der Waals surface area contributed by atoms with Crippen molar-refractivity contribution in [2.75, 3.05) is 20.2 Å². The molecule has 0 radical (unpaired) electrons. The normalized spacial score (nSPS) is 22.2. The Morgan fingerprint density at radius 2 is 2.19 bits per heavy atom. The van der Waals surface area contributed by atoms with E-state index >= 15 is 0 Å². The minimum atomic E-state index is -0.185. The van der Waals surface area contributed by atoms with E-state index in [1.807, 2.05) is 12.1 Å². The molecule has 1 aliphatic rings. The van der Waals surface area contributed by atoms with Crippen LogP contribution in [0.25, 0.3) is 0 Å². The van der Waals surface area contributed by atoms with Crippen LogP contribution in [0.3, 0.4) is 0 Å². The van der Waals surface area contributed by atoms with Crippen molar-refractivity contribution in [1.82, 2.24) is 10.2 Å². The number of nitrogens with zero attached hydrogens (tertiary/aromatic N) is 1. The number of halogens is 1. The Balaban J connectivity index is 2.11. The van der Waals surface area contributed by atoms with Crippen molar-refractivity contribution in [3.05, 3.63) is 29.6 Å². The molecule has 2 rings (SSSR count). The van der Waals surface area contributed by atoms with Crippen molar-refractivity contribution in [2.45, 2.75) is 51.7 Å². The van der Waals surface area contributed by atoms with Crippen molar-refractivity contribution >= 4 is 0 Å². The average Bonchev–Trinajstić information content (AvgIpc) is 2.45. The molecule has 4 heteroatoms. The van der Waals surface area contributed by atoms with E-state index in [0.717, 1.165) is 25.1 Å². The summed E-state index contributed by atoms with van der Waals surface area (Å²) >= 11 is 0. The molecular formula is C17H27FN2O. The first kappa shape index (κ1) is 16.2. The van der Waals surface area contributed by atoms with Crippen molar-refractivity contribution in [3.8, 4) is 5.75 Å². The fraction of sp³-hybridized carbons (Fsp3) is 0.647. The molecule has 0 amide bonds. The molecular weight excluding hydrogens is 267 g/mol. The van der Waals surface area contributed by atoms with Crippen molar-refractivity contribution in [3.63, 3.8) is 0 Å². The fourth-order valence-corrected chi connectivity index (χ4v) is 2.89. The third kappa shape index (κ3) is 3.95. The lowest BCUT2D eigenvalue weighted by molar-refractivity contribution is 0.0554. The molecule has 1 N–H and O–H groups in total. The second kappa shape index (κ2) is 6.75. The van der Waals surface area contributed by atoms with Crippen LogP contribution < -0.4 is 10.1 Å². The first-order valence-corrected chi connectivity index (χ1v) is 7.77. The Morgan fingerprint density at radius 1 is 1.43 bits per heavy atom. The van der Waals surface area contributed by atoms with Crippen LogP contribution >= 0.6 is 0 Å². The van der Waals surface area contributed by atoms with Gasteiger partial charge in [0.2, 0.25) is 0 Å². The van der Waals surface area contributed by atoms with Crippen molar-refractivity contribution in [1.29, 1.82) is 0 Å². The van der Waals surface area contributed by atoms with Crippen molar-refractivity contribution < 1.29 is 9.13 Å². The number of hydrogen-bond donors (Lipinski definition) is 1. The SMILES string of the molecule is CCCC1CN(Cc2ccc(OC)cc2F)C(C)(C)CN1. The molecule has 1 aliphatic heterocycles. The van der Waals surface area contributed by atoms with Crippen LogP contribution in [0.15, 0.2) is 18.2 Å². The Kier molecular flexibility index (Phi) is 5.22. The summed E-state index contributed by atoms with van der Waals surface area (Å²) in [5.74, 6) is 0.385. The summed E-state index contributed by atoms with van der Waals surface area (Å²) in [4.78, 5) is 2.38. The molecule has 0 aromatic heterocycles. The first-order chi connectivity index (χ1) is 9.96. The van der Waals surface area contributed by atoms with Crippen LogP contribution in [0.1, 0.15) is 39.2 Å². The molecule has 1 atom stereocenters. The highest BCUT2D eigenvalue weighted by Gasteiger charge is 2.33. The zero-order valence-electron chi connectivity index (χ0n) is 13.6. The lowest BCUT2D eigenvalue weighted by atomic mass is 9.95. The highest BCUT2D eigenvalue weighted by atomic mass is 19.1. The molecule has 0 bridgehead atoms. The number of nitrogens with one attached hydrogen (secondary N) is 1. The van der Waals surface area contributed by atoms with E-state index < -0.39 is 0 Å². The van der Waals surface area contributed by atoms with Crippen LogP contribution in [0.5, 0.6) is 5.75 Å². The summed E-state index contributed by atoms with van der Waals surface area (Å²) in [6.45, 7) is 9.18. The number of methoxy groups -OCH3 is 1. The summed E-state index contributed by atoms with van der Waals surface area (Å²) in [7, 11) is 1.56. The molecule has 118 valence electrons. The van der Waals surface area contributed by atoms with Gasteiger partial charge in [-0.25, -0.2) is 4.39 Å². The third-order valence-electron chi connectivity index (χ3n) is 4.38. The smallest absolute Gasteiger partial charge is 0.131 e. The van der Waals surface area contributed by atoms with Gasteiger partial charge in [0.05, 0.1) is 7.11 Å². The summed E-state index contributed by atoms with van der Waals surface area (Å²) in [5, 5.41) is 3.60. The molecule has 1 saturated heterocycles. The molecule has 0 spiro atoms. The van der Waals surface area contributed by atoms with Crippen molar-refractivity contribution in [2.24, 2.45) is 0 Å². The van der Waals surface area contributed by atoms with Crippen LogP contribution in [0.2, 0.25) is 0 Å². The van der Waals surface area contributed by atoms with Gasteiger partial charge in [-0.05, 0) is 26.3 Å². The van der Waals surface area contributed by atoms with Crippen LogP contribution in [0.4, 0.5) is 4.39 Å². The highest BCUT2D eigenvalue weighted by Crippen LogP contribution is 2.25. The largest absolute Gasteiger partial charge is 0.497 e. The van der Waals surface area contributed by atoms with Gasteiger partial charge in [0.15, 0.2) is 0 Å².